The Morgan fingerprint density at radius 1 is 1.16 bits per heavy atom. The molecule has 5 nitrogen and oxygen atoms in total. The number of rotatable bonds is 8. The van der Waals surface area contributed by atoms with E-state index in [1.807, 2.05) is 12.1 Å². The van der Waals surface area contributed by atoms with Gasteiger partial charge in [-0.25, -0.2) is 0 Å². The second-order valence-electron chi connectivity index (χ2n) is 7.54. The summed E-state index contributed by atoms with van der Waals surface area (Å²) in [5, 5.41) is 1.23. The normalized spacial score (nSPS) is 15.7. The van der Waals surface area contributed by atoms with Crippen LogP contribution in [0.15, 0.2) is 70.1 Å². The SMILES string of the molecule is CCC(=Cc1[se]c2ccccc2[n+]1CCCS(=O)(=O)[O-])/C=C1\Sc2ccccc2N1CC. The molecule has 0 aliphatic carbocycles. The first-order valence-electron chi connectivity index (χ1n) is 10.7. The zero-order valence-electron chi connectivity index (χ0n) is 18.2. The van der Waals surface area contributed by atoms with Gasteiger partial charge >= 0.3 is 201 Å². The second kappa shape index (κ2) is 9.98. The number of fused-ring (bicyclic) bond motifs is 2. The molecule has 2 heterocycles. The van der Waals surface area contributed by atoms with Gasteiger partial charge in [0.1, 0.15) is 0 Å². The summed E-state index contributed by atoms with van der Waals surface area (Å²) in [5.74, 6) is -0.333. The van der Waals surface area contributed by atoms with Crippen molar-refractivity contribution in [2.24, 2.45) is 0 Å². The molecule has 168 valence electrons. The van der Waals surface area contributed by atoms with Crippen LogP contribution in [0.5, 0.6) is 0 Å². The van der Waals surface area contributed by atoms with Gasteiger partial charge in [0.2, 0.25) is 0 Å². The van der Waals surface area contributed by atoms with Crippen LogP contribution in [0.4, 0.5) is 5.69 Å². The fraction of sp³-hybridized carbons (Fsp3) is 0.292. The maximum atomic E-state index is 11.1. The Morgan fingerprint density at radius 3 is 2.66 bits per heavy atom. The molecule has 0 N–H and O–H groups in total. The number of benzene rings is 2. The van der Waals surface area contributed by atoms with Crippen LogP contribution in [0.2, 0.25) is 0 Å². The summed E-state index contributed by atoms with van der Waals surface area (Å²) in [6, 6.07) is 16.8. The molecule has 0 fully saturated rings. The average Bonchev–Trinajstić information content (AvgIpc) is 3.29. The van der Waals surface area contributed by atoms with Gasteiger partial charge in [0.15, 0.2) is 0 Å². The van der Waals surface area contributed by atoms with E-state index in [0.717, 1.165) is 18.5 Å². The Balaban J connectivity index is 1.69. The molecule has 2 aromatic carbocycles. The van der Waals surface area contributed by atoms with E-state index < -0.39 is 10.1 Å². The number of nitrogens with zero attached hydrogens (tertiary/aromatic N) is 2. The van der Waals surface area contributed by atoms with Crippen LogP contribution >= 0.6 is 11.8 Å². The first-order valence-corrected chi connectivity index (χ1v) is 14.8. The standard InChI is InChI=1S/C24H26N2O3S2Se/c1-3-18(16-23-25(4-2)19-10-5-7-12-21(19)30-23)17-24-26(14-9-15-31(27,28)29)20-11-6-8-13-22(20)32-24/h5-8,10-13,16-17H,3-4,9,14-15H2,1-2H3. The van der Waals surface area contributed by atoms with Gasteiger partial charge in [0.05, 0.1) is 0 Å². The van der Waals surface area contributed by atoms with Crippen molar-refractivity contribution < 1.29 is 17.5 Å². The predicted octanol–water partition coefficient (Wildman–Crippen LogP) is 4.39. The number of thioether (sulfide) groups is 1. The van der Waals surface area contributed by atoms with Gasteiger partial charge in [-0.2, -0.15) is 0 Å². The number of allylic oxidation sites excluding steroid dienone is 2. The van der Waals surface area contributed by atoms with E-state index in [0.29, 0.717) is 13.0 Å². The third kappa shape index (κ3) is 5.21. The molecule has 32 heavy (non-hydrogen) atoms. The first-order chi connectivity index (χ1) is 15.4. The average molecular weight is 534 g/mol. The van der Waals surface area contributed by atoms with Gasteiger partial charge in [-0.3, -0.25) is 0 Å². The summed E-state index contributed by atoms with van der Waals surface area (Å²) in [5.41, 5.74) is 3.63. The first kappa shape index (κ1) is 23.3. The third-order valence-corrected chi connectivity index (χ3v) is 9.63. The predicted molar refractivity (Wildman–Crippen MR) is 132 cm³/mol. The number of aryl methyl sites for hydroxylation is 1. The molecule has 8 heteroatoms. The molecule has 3 aromatic rings. The Morgan fingerprint density at radius 2 is 1.91 bits per heavy atom. The molecule has 0 saturated heterocycles. The minimum atomic E-state index is -4.20. The number of para-hydroxylation sites is 2. The van der Waals surface area contributed by atoms with Gasteiger partial charge in [-0.15, -0.1) is 0 Å². The van der Waals surface area contributed by atoms with Gasteiger partial charge in [0.25, 0.3) is 0 Å². The summed E-state index contributed by atoms with van der Waals surface area (Å²) in [6.07, 6.45) is 5.76. The summed E-state index contributed by atoms with van der Waals surface area (Å²) < 4.78 is 38.0. The molecule has 0 saturated carbocycles. The Kier molecular flexibility index (Phi) is 7.27. The molecule has 0 bridgehead atoms. The van der Waals surface area contributed by atoms with Crippen LogP contribution < -0.4 is 9.47 Å². The van der Waals surface area contributed by atoms with E-state index in [2.05, 4.69) is 71.9 Å². The molecular formula is C24H26N2O3S2Se. The molecule has 4 rings (SSSR count). The number of hydrogen-bond acceptors (Lipinski definition) is 5. The van der Waals surface area contributed by atoms with Crippen LogP contribution in [0, 0.1) is 0 Å². The van der Waals surface area contributed by atoms with Crippen molar-refractivity contribution in [3.05, 3.63) is 69.8 Å². The van der Waals surface area contributed by atoms with Crippen LogP contribution in [0.1, 0.15) is 31.3 Å². The monoisotopic (exact) mass is 534 g/mol. The van der Waals surface area contributed by atoms with E-state index in [4.69, 9.17) is 0 Å². The van der Waals surface area contributed by atoms with Gasteiger partial charge < -0.3 is 0 Å². The Hall–Kier alpha value is -1.83. The Labute approximate surface area is 199 Å². The van der Waals surface area contributed by atoms with Crippen molar-refractivity contribution in [2.75, 3.05) is 17.2 Å². The van der Waals surface area contributed by atoms with Crippen molar-refractivity contribution >= 4 is 57.9 Å². The summed E-state index contributed by atoms with van der Waals surface area (Å²) in [6.45, 7) is 5.77. The summed E-state index contributed by atoms with van der Waals surface area (Å²) in [4.78, 5) is 3.63. The zero-order chi connectivity index (χ0) is 22.7. The quantitative estimate of drug-likeness (QED) is 0.244. The fourth-order valence-electron chi connectivity index (χ4n) is 3.84. The van der Waals surface area contributed by atoms with Crippen molar-refractivity contribution in [1.29, 1.82) is 0 Å². The van der Waals surface area contributed by atoms with Crippen LogP contribution in [-0.4, -0.2) is 39.8 Å². The molecule has 1 aromatic heterocycles. The minimum absolute atomic E-state index is 0.141. The van der Waals surface area contributed by atoms with Gasteiger partial charge in [0, 0.05) is 0 Å². The molecule has 0 atom stereocenters. The molecule has 0 spiro atoms. The van der Waals surface area contributed by atoms with E-state index >= 15 is 0 Å². The van der Waals surface area contributed by atoms with Crippen LogP contribution in [0.25, 0.3) is 15.9 Å². The van der Waals surface area contributed by atoms with Crippen molar-refractivity contribution in [3.63, 3.8) is 0 Å². The molecule has 1 aliphatic heterocycles. The topological polar surface area (TPSA) is 64.3 Å². The summed E-state index contributed by atoms with van der Waals surface area (Å²) in [7, 11) is -4.20. The van der Waals surface area contributed by atoms with E-state index in [9.17, 15) is 13.0 Å². The second-order valence-corrected chi connectivity index (χ2v) is 12.4. The molecule has 0 unspecified atom stereocenters. The number of anilines is 1. The molecule has 1 aliphatic rings. The van der Waals surface area contributed by atoms with E-state index in [1.54, 1.807) is 11.8 Å². The third-order valence-electron chi connectivity index (χ3n) is 5.39. The van der Waals surface area contributed by atoms with Crippen LogP contribution in [0.3, 0.4) is 0 Å². The zero-order valence-corrected chi connectivity index (χ0v) is 21.5. The van der Waals surface area contributed by atoms with Crippen molar-refractivity contribution in [1.82, 2.24) is 0 Å². The van der Waals surface area contributed by atoms with Crippen molar-refractivity contribution in [3.8, 4) is 0 Å². The molecule has 0 radical (unpaired) electrons. The number of aromatic nitrogens is 1. The Bertz CT molecular complexity index is 1300. The van der Waals surface area contributed by atoms with E-state index in [-0.39, 0.29) is 20.3 Å². The fourth-order valence-corrected chi connectivity index (χ4v) is 7.97. The summed E-state index contributed by atoms with van der Waals surface area (Å²) >= 11 is 1.94. The van der Waals surface area contributed by atoms with Gasteiger partial charge in [-0.05, 0) is 0 Å². The maximum absolute atomic E-state index is 11.1. The van der Waals surface area contributed by atoms with Crippen LogP contribution in [-0.2, 0) is 16.7 Å². The number of hydrogen-bond donors (Lipinski definition) is 0. The van der Waals surface area contributed by atoms with Crippen molar-refractivity contribution in [2.45, 2.75) is 38.1 Å². The van der Waals surface area contributed by atoms with E-state index in [1.165, 1.54) is 30.0 Å². The molecule has 0 amide bonds. The van der Waals surface area contributed by atoms with Gasteiger partial charge in [-0.1, -0.05) is 0 Å². The molecular weight excluding hydrogens is 507 g/mol.